The Bertz CT molecular complexity index is 2200. The maximum absolute atomic E-state index is 15.2. The molecule has 1 saturated heterocycles. The summed E-state index contributed by atoms with van der Waals surface area (Å²) in [5.41, 5.74) is 0.0451. The second-order valence-corrected chi connectivity index (χ2v) is 17.4. The molecular formula is C45H54N4O9. The molecule has 58 heavy (non-hydrogen) atoms. The zero-order valence-corrected chi connectivity index (χ0v) is 34.4. The fourth-order valence-corrected chi connectivity index (χ4v) is 13.1. The number of carbonyl (C=O) groups is 3. The molecule has 2 unspecified atom stereocenters. The molecule has 2 aromatic carbocycles. The van der Waals surface area contributed by atoms with Gasteiger partial charge in [-0.2, -0.15) is 0 Å². The lowest BCUT2D eigenvalue weighted by molar-refractivity contribution is -0.732. The molecule has 7 aliphatic rings. The number of hydroxylamine groups is 1. The fourth-order valence-electron chi connectivity index (χ4n) is 13.1. The number of quaternary nitrogens is 1. The Morgan fingerprint density at radius 1 is 1.02 bits per heavy atom. The topological polar surface area (TPSA) is 146 Å². The van der Waals surface area contributed by atoms with E-state index in [1.165, 1.54) is 26.7 Å². The molecule has 2 fully saturated rings. The van der Waals surface area contributed by atoms with E-state index < -0.39 is 51.9 Å². The number of hydrogen-bond donors (Lipinski definition) is 2. The number of fused-ring (bicyclic) bond motifs is 5. The van der Waals surface area contributed by atoms with Crippen LogP contribution >= 0.6 is 0 Å². The molecular weight excluding hydrogens is 741 g/mol. The molecule has 2 N–H and O–H groups in total. The number of benzene rings is 2. The van der Waals surface area contributed by atoms with E-state index in [9.17, 15) is 14.7 Å². The predicted octanol–water partition coefficient (Wildman–Crippen LogP) is 3.16. The van der Waals surface area contributed by atoms with Crippen molar-refractivity contribution in [2.75, 3.05) is 66.0 Å². The van der Waals surface area contributed by atoms with Crippen molar-refractivity contribution in [3.05, 3.63) is 87.8 Å². The second kappa shape index (κ2) is 13.5. The van der Waals surface area contributed by atoms with Crippen molar-refractivity contribution in [1.82, 2.24) is 9.80 Å². The van der Waals surface area contributed by atoms with E-state index in [0.29, 0.717) is 67.4 Å². The standard InChI is InChI=1S/C45H54N4O9/c1-8-27-19-28-22-44(40(51)56-6,36-30(25-47(23-27)24-28)29-13-10-11-14-33(29)49(36)54)32-20-31-34(21-35(32)55-5)46(4)38-43(31)16-18-48-17-12-15-42(9-2,37(43)48)39(58-26(3)50)45(38,53)41(52)57-7/h10-15,19-21,28,37-39,49,53H,8-9,16-18,22-25H2,1-7H3/t28-,37+,38-,39-,42-,43-,44+,45+/m1/s1. The summed E-state index contributed by atoms with van der Waals surface area (Å²) in [6.45, 7) is 8.68. The minimum atomic E-state index is -2.32. The Balaban J connectivity index is 1.37. The average molecular weight is 795 g/mol. The van der Waals surface area contributed by atoms with E-state index in [-0.39, 0.29) is 23.4 Å². The Morgan fingerprint density at radius 2 is 1.78 bits per heavy atom. The third-order valence-corrected chi connectivity index (χ3v) is 15.0. The Hall–Kier alpha value is -4.53. The number of esters is 3. The fraction of sp³-hybridized carbons (Fsp3) is 0.533. The van der Waals surface area contributed by atoms with Crippen LogP contribution in [0.25, 0.3) is 5.57 Å². The predicted molar refractivity (Wildman–Crippen MR) is 215 cm³/mol. The molecule has 9 rings (SSSR count). The van der Waals surface area contributed by atoms with Gasteiger partial charge in [0.1, 0.15) is 17.1 Å². The number of nitrogens with one attached hydrogen (secondary N) is 1. The lowest BCUT2D eigenvalue weighted by Gasteiger charge is -2.63. The van der Waals surface area contributed by atoms with E-state index in [4.69, 9.17) is 18.9 Å². The summed E-state index contributed by atoms with van der Waals surface area (Å²) in [5, 5.41) is 28.2. The number of carbonyl (C=O) groups excluding carboxylic acids is 3. The highest BCUT2D eigenvalue weighted by Crippen LogP contribution is 2.68. The number of likely N-dealkylation sites (N-methyl/N-ethyl adjacent to an activating group) is 1. The maximum atomic E-state index is 15.2. The van der Waals surface area contributed by atoms with Gasteiger partial charge in [0, 0.05) is 91.5 Å². The van der Waals surface area contributed by atoms with Gasteiger partial charge in [-0.15, -0.1) is 0 Å². The van der Waals surface area contributed by atoms with Crippen LogP contribution < -0.4 is 14.7 Å². The van der Waals surface area contributed by atoms with Crippen molar-refractivity contribution >= 4 is 34.9 Å². The van der Waals surface area contributed by atoms with Crippen LogP contribution in [0.3, 0.4) is 0 Å². The van der Waals surface area contributed by atoms with E-state index in [1.54, 1.807) is 7.11 Å². The average Bonchev–Trinajstić information content (AvgIpc) is 3.84. The smallest absolute Gasteiger partial charge is 0.344 e. The summed E-state index contributed by atoms with van der Waals surface area (Å²) < 4.78 is 23.7. The largest absolute Gasteiger partial charge is 0.624 e. The van der Waals surface area contributed by atoms with Crippen molar-refractivity contribution in [1.29, 1.82) is 0 Å². The van der Waals surface area contributed by atoms with Crippen molar-refractivity contribution in [3.8, 4) is 5.75 Å². The monoisotopic (exact) mass is 794 g/mol. The van der Waals surface area contributed by atoms with E-state index in [2.05, 4.69) is 22.8 Å². The highest BCUT2D eigenvalue weighted by molar-refractivity contribution is 5.95. The van der Waals surface area contributed by atoms with Gasteiger partial charge >= 0.3 is 17.9 Å². The highest BCUT2D eigenvalue weighted by atomic mass is 16.6. The van der Waals surface area contributed by atoms with Crippen LogP contribution in [0.2, 0.25) is 0 Å². The van der Waals surface area contributed by atoms with Crippen LogP contribution in [0.15, 0.2) is 65.9 Å². The Morgan fingerprint density at radius 3 is 2.47 bits per heavy atom. The molecule has 2 bridgehead atoms. The second-order valence-electron chi connectivity index (χ2n) is 17.4. The number of methoxy groups -OCH3 is 3. The normalized spacial score (nSPS) is 36.7. The van der Waals surface area contributed by atoms with Gasteiger partial charge in [-0.25, -0.2) is 4.79 Å². The zero-order chi connectivity index (χ0) is 41.1. The van der Waals surface area contributed by atoms with Gasteiger partial charge in [0.25, 0.3) is 0 Å². The molecule has 0 radical (unpaired) electrons. The van der Waals surface area contributed by atoms with Crippen LogP contribution in [0, 0.1) is 16.5 Å². The number of anilines is 1. The molecule has 1 aliphatic carbocycles. The van der Waals surface area contributed by atoms with Gasteiger partial charge < -0.3 is 39.2 Å². The van der Waals surface area contributed by atoms with Gasteiger partial charge in [0.15, 0.2) is 11.5 Å². The molecule has 1 saturated carbocycles. The first-order chi connectivity index (χ1) is 27.8. The maximum Gasteiger partial charge on any atom is 0.344 e. The van der Waals surface area contributed by atoms with Crippen LogP contribution in [-0.2, 0) is 39.4 Å². The van der Waals surface area contributed by atoms with Gasteiger partial charge in [-0.05, 0) is 55.8 Å². The quantitative estimate of drug-likeness (QED) is 0.184. The molecule has 0 aromatic heterocycles. The summed E-state index contributed by atoms with van der Waals surface area (Å²) >= 11 is 0. The number of hydrogen-bond acceptors (Lipinski definition) is 12. The zero-order valence-electron chi connectivity index (χ0n) is 34.4. The Labute approximate surface area is 339 Å². The summed E-state index contributed by atoms with van der Waals surface area (Å²) in [4.78, 5) is 49.2. The van der Waals surface area contributed by atoms with E-state index in [0.717, 1.165) is 29.7 Å². The molecule has 6 aliphatic heterocycles. The molecule has 10 atom stereocenters. The number of para-hydroxylation sites is 1. The molecule has 6 heterocycles. The van der Waals surface area contributed by atoms with Crippen molar-refractivity contribution in [3.63, 3.8) is 0 Å². The first-order valence-corrected chi connectivity index (χ1v) is 20.6. The van der Waals surface area contributed by atoms with Crippen molar-refractivity contribution in [2.45, 2.75) is 81.1 Å². The number of aliphatic hydroxyl groups is 1. The molecule has 13 nitrogen and oxygen atoms in total. The SMILES string of the molecule is CCC1=C[C@H]2CN(C1)CC1=C([NH+]([O-])c3ccccc31)[C@@](C(=O)OC)(c1cc3c(cc1OC)N(C)[C@H]1[C@@](O)(C(=O)OC)[C@H](OC(C)=O)[C@]4(CC)C=CCN5CC[C@]31[C@@H]54)C2. The summed E-state index contributed by atoms with van der Waals surface area (Å²) in [5.74, 6) is -1.77. The van der Waals surface area contributed by atoms with Crippen LogP contribution in [0.5, 0.6) is 5.75 Å². The van der Waals surface area contributed by atoms with Crippen molar-refractivity contribution < 1.29 is 43.5 Å². The first kappa shape index (κ1) is 39.0. The lowest BCUT2D eigenvalue weighted by Crippen LogP contribution is -3.01. The van der Waals surface area contributed by atoms with Gasteiger partial charge in [0.05, 0.1) is 27.4 Å². The van der Waals surface area contributed by atoms with Crippen LogP contribution in [-0.4, -0.2) is 118 Å². The minimum Gasteiger partial charge on any atom is -0.624 e. The minimum absolute atomic E-state index is 0.0957. The third-order valence-electron chi connectivity index (χ3n) is 15.0. The van der Waals surface area contributed by atoms with Crippen LogP contribution in [0.1, 0.15) is 63.1 Å². The number of rotatable bonds is 7. The number of ether oxygens (including phenoxy) is 4. The Kier molecular flexibility index (Phi) is 9.07. The van der Waals surface area contributed by atoms with E-state index in [1.807, 2.05) is 67.4 Å². The summed E-state index contributed by atoms with van der Waals surface area (Å²) in [7, 11) is 6.02. The summed E-state index contributed by atoms with van der Waals surface area (Å²) in [6.07, 6.45) is 7.18. The highest BCUT2D eigenvalue weighted by Gasteiger charge is 2.80. The summed E-state index contributed by atoms with van der Waals surface area (Å²) in [6, 6.07) is 10.2. The first-order valence-electron chi connectivity index (χ1n) is 20.6. The lowest BCUT2D eigenvalue weighted by atomic mass is 9.47. The molecule has 13 heteroatoms. The van der Waals surface area contributed by atoms with Gasteiger partial charge in [-0.3, -0.25) is 19.4 Å². The molecule has 2 aromatic rings. The van der Waals surface area contributed by atoms with E-state index >= 15 is 10.0 Å². The van der Waals surface area contributed by atoms with Gasteiger partial charge in [0.2, 0.25) is 5.60 Å². The molecule has 308 valence electrons. The van der Waals surface area contributed by atoms with Crippen molar-refractivity contribution in [2.24, 2.45) is 11.3 Å². The molecule has 1 spiro atoms. The third kappa shape index (κ3) is 4.79. The van der Waals surface area contributed by atoms with Gasteiger partial charge in [-0.1, -0.05) is 49.8 Å². The number of nitrogens with zero attached hydrogens (tertiary/aromatic N) is 3. The molecule has 0 amide bonds. The van der Waals surface area contributed by atoms with Crippen LogP contribution in [0.4, 0.5) is 11.4 Å².